The zero-order valence-corrected chi connectivity index (χ0v) is 28.3. The zero-order chi connectivity index (χ0) is 33.1. The van der Waals surface area contributed by atoms with Crippen LogP contribution in [0, 0.1) is 0 Å². The molecule has 0 aliphatic heterocycles. The number of halogens is 1. The van der Waals surface area contributed by atoms with Crippen molar-refractivity contribution in [2.24, 2.45) is 5.10 Å². The summed E-state index contributed by atoms with van der Waals surface area (Å²) in [7, 11) is 1.61. The van der Waals surface area contributed by atoms with Crippen LogP contribution in [0.1, 0.15) is 27.0 Å². The molecule has 1 heterocycles. The van der Waals surface area contributed by atoms with E-state index in [1.54, 1.807) is 25.5 Å². The molecule has 2 N–H and O–H groups in total. The maximum absolute atomic E-state index is 12.9. The van der Waals surface area contributed by atoms with Crippen molar-refractivity contribution in [2.45, 2.75) is 13.2 Å². The molecule has 0 bridgehead atoms. The van der Waals surface area contributed by atoms with Crippen LogP contribution in [-0.4, -0.2) is 24.2 Å². The molecule has 240 valence electrons. The van der Waals surface area contributed by atoms with Crippen molar-refractivity contribution in [1.82, 2.24) is 10.4 Å². The van der Waals surface area contributed by atoms with Gasteiger partial charge in [0.25, 0.3) is 5.91 Å². The quantitative estimate of drug-likeness (QED) is 0.0914. The second-order valence-corrected chi connectivity index (χ2v) is 12.3. The molecular weight excluding hydrogens is 688 g/mol. The molecule has 6 aromatic rings. The van der Waals surface area contributed by atoms with Crippen molar-refractivity contribution in [3.05, 3.63) is 153 Å². The van der Waals surface area contributed by atoms with Gasteiger partial charge in [-0.05, 0) is 65.7 Å². The van der Waals surface area contributed by atoms with E-state index in [4.69, 9.17) is 14.2 Å². The van der Waals surface area contributed by atoms with Gasteiger partial charge in [0.05, 0.1) is 19.0 Å². The van der Waals surface area contributed by atoms with Gasteiger partial charge in [-0.15, -0.1) is 11.3 Å². The third kappa shape index (κ3) is 8.67. The standard InChI is InChI=1S/C38H31BrN4O4S/c1-45-36-20-27(12-18-35(36)47-23-26-8-4-2-5-9-26)24-46-34-19-17-31(39)21-30(34)22-40-43-37(44)29-15-13-28(14-16-29)33-25-48-38(42-33)41-32-10-6-3-7-11-32/h2-22,25H,23-24H2,1H3,(H,41,42)(H,43,44)/b40-22+. The van der Waals surface area contributed by atoms with Crippen LogP contribution in [0.2, 0.25) is 0 Å². The number of ether oxygens (including phenoxy) is 3. The molecule has 8 nitrogen and oxygen atoms in total. The normalized spacial score (nSPS) is 10.9. The first-order valence-electron chi connectivity index (χ1n) is 15.0. The van der Waals surface area contributed by atoms with Gasteiger partial charge in [-0.3, -0.25) is 4.79 Å². The lowest BCUT2D eigenvalue weighted by Crippen LogP contribution is -2.17. The molecule has 1 amide bonds. The van der Waals surface area contributed by atoms with E-state index in [0.29, 0.717) is 41.6 Å². The number of carbonyl (C=O) groups excluding carboxylic acids is 1. The number of hydrogen-bond acceptors (Lipinski definition) is 8. The highest BCUT2D eigenvalue weighted by Gasteiger charge is 2.11. The summed E-state index contributed by atoms with van der Waals surface area (Å²) in [6.45, 7) is 0.733. The number of hydrazone groups is 1. The summed E-state index contributed by atoms with van der Waals surface area (Å²) in [5.74, 6) is 1.55. The van der Waals surface area contributed by atoms with E-state index in [9.17, 15) is 4.79 Å². The number of benzene rings is 5. The smallest absolute Gasteiger partial charge is 0.271 e. The van der Waals surface area contributed by atoms with Gasteiger partial charge in [-0.1, -0.05) is 82.7 Å². The van der Waals surface area contributed by atoms with Gasteiger partial charge in [0, 0.05) is 32.2 Å². The number of carbonyl (C=O) groups is 1. The first kappa shape index (κ1) is 32.5. The van der Waals surface area contributed by atoms with Crippen LogP contribution in [0.25, 0.3) is 11.3 Å². The van der Waals surface area contributed by atoms with Gasteiger partial charge in [-0.2, -0.15) is 5.10 Å². The van der Waals surface area contributed by atoms with E-state index in [2.05, 4.69) is 36.8 Å². The van der Waals surface area contributed by atoms with Crippen molar-refractivity contribution in [3.63, 3.8) is 0 Å². The first-order chi connectivity index (χ1) is 23.5. The van der Waals surface area contributed by atoms with Crippen LogP contribution >= 0.6 is 27.3 Å². The van der Waals surface area contributed by atoms with Gasteiger partial charge in [-0.25, -0.2) is 10.4 Å². The number of anilines is 2. The highest BCUT2D eigenvalue weighted by atomic mass is 79.9. The van der Waals surface area contributed by atoms with Crippen molar-refractivity contribution < 1.29 is 19.0 Å². The van der Waals surface area contributed by atoms with Crippen LogP contribution in [0.15, 0.2) is 136 Å². The Morgan fingerprint density at radius 1 is 0.812 bits per heavy atom. The molecule has 0 radical (unpaired) electrons. The fraction of sp³-hybridized carbons (Fsp3) is 0.0789. The number of methoxy groups -OCH3 is 1. The van der Waals surface area contributed by atoms with E-state index in [0.717, 1.165) is 37.7 Å². The highest BCUT2D eigenvalue weighted by molar-refractivity contribution is 9.10. The summed E-state index contributed by atoms with van der Waals surface area (Å²) in [6.07, 6.45) is 1.56. The molecule has 0 aliphatic rings. The average Bonchev–Trinajstić information content (AvgIpc) is 3.59. The Balaban J connectivity index is 1.05. The summed E-state index contributed by atoms with van der Waals surface area (Å²) in [6, 6.07) is 38.4. The fourth-order valence-corrected chi connectivity index (χ4v) is 5.81. The molecule has 0 aliphatic carbocycles. The molecule has 0 saturated carbocycles. The maximum Gasteiger partial charge on any atom is 0.271 e. The topological polar surface area (TPSA) is 94.1 Å². The number of nitrogens with zero attached hydrogens (tertiary/aromatic N) is 2. The van der Waals surface area contributed by atoms with Crippen molar-refractivity contribution in [1.29, 1.82) is 0 Å². The molecule has 5 aromatic carbocycles. The Bertz CT molecular complexity index is 2000. The second kappa shape index (κ2) is 15.9. The van der Waals surface area contributed by atoms with E-state index in [1.807, 2.05) is 115 Å². The molecule has 0 atom stereocenters. The number of para-hydroxylation sites is 1. The zero-order valence-electron chi connectivity index (χ0n) is 25.9. The van der Waals surface area contributed by atoms with Crippen LogP contribution in [0.4, 0.5) is 10.8 Å². The second-order valence-electron chi connectivity index (χ2n) is 10.5. The van der Waals surface area contributed by atoms with E-state index in [-0.39, 0.29) is 5.91 Å². The Labute approximate surface area is 291 Å². The van der Waals surface area contributed by atoms with Crippen molar-refractivity contribution in [3.8, 4) is 28.5 Å². The summed E-state index contributed by atoms with van der Waals surface area (Å²) in [5.41, 5.74) is 8.47. The van der Waals surface area contributed by atoms with Gasteiger partial charge in [0.2, 0.25) is 0 Å². The van der Waals surface area contributed by atoms with Crippen LogP contribution < -0.4 is 25.0 Å². The van der Waals surface area contributed by atoms with Crippen molar-refractivity contribution in [2.75, 3.05) is 12.4 Å². The predicted molar refractivity (Wildman–Crippen MR) is 195 cm³/mol. The fourth-order valence-electron chi connectivity index (χ4n) is 4.70. The molecule has 0 spiro atoms. The third-order valence-corrected chi connectivity index (χ3v) is 8.42. The van der Waals surface area contributed by atoms with E-state index >= 15 is 0 Å². The number of amides is 1. The number of nitrogens with one attached hydrogen (secondary N) is 2. The SMILES string of the molecule is COc1cc(COc2ccc(Br)cc2/C=N/NC(=O)c2ccc(-c3csc(Nc4ccccc4)n3)cc2)ccc1OCc1ccccc1. The van der Waals surface area contributed by atoms with E-state index < -0.39 is 0 Å². The molecule has 0 saturated heterocycles. The monoisotopic (exact) mass is 718 g/mol. The summed E-state index contributed by atoms with van der Waals surface area (Å²) in [5, 5.41) is 10.3. The van der Waals surface area contributed by atoms with Gasteiger partial charge in [0.1, 0.15) is 19.0 Å². The number of thiazole rings is 1. The summed E-state index contributed by atoms with van der Waals surface area (Å²) < 4.78 is 18.6. The first-order valence-corrected chi connectivity index (χ1v) is 16.7. The highest BCUT2D eigenvalue weighted by Crippen LogP contribution is 2.31. The number of aromatic nitrogens is 1. The Kier molecular flexibility index (Phi) is 10.8. The van der Waals surface area contributed by atoms with Gasteiger partial charge in [0.15, 0.2) is 16.6 Å². The third-order valence-electron chi connectivity index (χ3n) is 7.17. The maximum atomic E-state index is 12.9. The number of rotatable bonds is 13. The van der Waals surface area contributed by atoms with Crippen LogP contribution in [-0.2, 0) is 13.2 Å². The average molecular weight is 720 g/mol. The minimum Gasteiger partial charge on any atom is -0.493 e. The summed E-state index contributed by atoms with van der Waals surface area (Å²) >= 11 is 5.03. The number of hydrogen-bond donors (Lipinski definition) is 2. The molecule has 1 aromatic heterocycles. The lowest BCUT2D eigenvalue weighted by Gasteiger charge is -2.14. The molecular formula is C38H31BrN4O4S. The minimum atomic E-state index is -0.332. The Morgan fingerprint density at radius 2 is 1.52 bits per heavy atom. The van der Waals surface area contributed by atoms with Crippen LogP contribution in [0.3, 0.4) is 0 Å². The lowest BCUT2D eigenvalue weighted by molar-refractivity contribution is 0.0955. The molecule has 0 fully saturated rings. The summed E-state index contributed by atoms with van der Waals surface area (Å²) in [4.78, 5) is 17.5. The van der Waals surface area contributed by atoms with Gasteiger partial charge >= 0.3 is 0 Å². The molecule has 10 heteroatoms. The Morgan fingerprint density at radius 3 is 2.29 bits per heavy atom. The molecule has 0 unspecified atom stereocenters. The van der Waals surface area contributed by atoms with Crippen LogP contribution in [0.5, 0.6) is 17.2 Å². The lowest BCUT2D eigenvalue weighted by atomic mass is 10.1. The minimum absolute atomic E-state index is 0.291. The van der Waals surface area contributed by atoms with Crippen molar-refractivity contribution >= 4 is 50.2 Å². The van der Waals surface area contributed by atoms with E-state index in [1.165, 1.54) is 11.3 Å². The molecule has 48 heavy (non-hydrogen) atoms. The molecule has 6 rings (SSSR count). The van der Waals surface area contributed by atoms with Gasteiger partial charge < -0.3 is 19.5 Å². The largest absolute Gasteiger partial charge is 0.493 e. The Hall–Kier alpha value is -5.45. The predicted octanol–water partition coefficient (Wildman–Crippen LogP) is 9.25.